The van der Waals surface area contributed by atoms with Crippen molar-refractivity contribution in [1.82, 2.24) is 10.2 Å². The van der Waals surface area contributed by atoms with Gasteiger partial charge in [0.15, 0.2) is 5.72 Å². The van der Waals surface area contributed by atoms with E-state index in [0.29, 0.717) is 35.8 Å². The maximum Gasteiger partial charge on any atom is 0.257 e. The first-order valence-electron chi connectivity index (χ1n) is 7.98. The van der Waals surface area contributed by atoms with E-state index >= 15 is 0 Å². The Morgan fingerprint density at radius 3 is 2.43 bits per heavy atom. The molecule has 2 N–H and O–H groups in total. The lowest BCUT2D eigenvalue weighted by molar-refractivity contribution is -0.0494. The number of rotatable bonds is 5. The van der Waals surface area contributed by atoms with E-state index in [1.807, 2.05) is 48.5 Å². The number of fused-ring (bicyclic) bond motifs is 1. The van der Waals surface area contributed by atoms with Crippen LogP contribution in [0.25, 0.3) is 0 Å². The third-order valence-electron chi connectivity index (χ3n) is 4.23. The van der Waals surface area contributed by atoms with Crippen LogP contribution in [0.1, 0.15) is 35.3 Å². The van der Waals surface area contributed by atoms with Gasteiger partial charge in [0.2, 0.25) is 0 Å². The zero-order chi connectivity index (χ0) is 16.4. The van der Waals surface area contributed by atoms with Crippen LogP contribution in [0.15, 0.2) is 54.6 Å². The molecule has 0 saturated carbocycles. The molecule has 0 fully saturated rings. The highest BCUT2D eigenvalue weighted by molar-refractivity contribution is 6.00. The Morgan fingerprint density at radius 2 is 1.74 bits per heavy atom. The van der Waals surface area contributed by atoms with Crippen LogP contribution in [0, 0.1) is 0 Å². The molecule has 1 unspecified atom stereocenters. The maximum atomic E-state index is 12.8. The van der Waals surface area contributed by atoms with Gasteiger partial charge in [0.1, 0.15) is 0 Å². The van der Waals surface area contributed by atoms with Crippen LogP contribution in [-0.2, 0) is 5.72 Å². The first-order valence-corrected chi connectivity index (χ1v) is 7.98. The summed E-state index contributed by atoms with van der Waals surface area (Å²) in [5.74, 6) is -0.127. The van der Waals surface area contributed by atoms with Crippen molar-refractivity contribution >= 4 is 5.91 Å². The van der Waals surface area contributed by atoms with Crippen LogP contribution < -0.4 is 5.32 Å². The number of aliphatic hydroxyl groups is 1. The second-order valence-corrected chi connectivity index (χ2v) is 6.15. The minimum Gasteiger partial charge on any atom is -0.363 e. The standard InChI is InChI=1S/C19H22N2O2/c1-14(2)20-12-13-21-18(22)16-10-6-7-11-17(16)19(21,23)15-8-4-3-5-9-15/h3-11,14,20,23H,12-13H2,1-2H3. The van der Waals surface area contributed by atoms with Gasteiger partial charge in [-0.2, -0.15) is 0 Å². The van der Waals surface area contributed by atoms with E-state index in [-0.39, 0.29) is 5.91 Å². The molecule has 0 bridgehead atoms. The lowest BCUT2D eigenvalue weighted by Gasteiger charge is -2.35. The van der Waals surface area contributed by atoms with E-state index in [1.165, 1.54) is 0 Å². The SMILES string of the molecule is CC(C)NCCN1C(=O)c2ccccc2C1(O)c1ccccc1. The smallest absolute Gasteiger partial charge is 0.257 e. The van der Waals surface area contributed by atoms with Crippen molar-refractivity contribution in [3.63, 3.8) is 0 Å². The van der Waals surface area contributed by atoms with E-state index < -0.39 is 5.72 Å². The fourth-order valence-corrected chi connectivity index (χ4v) is 3.12. The Hall–Kier alpha value is -2.17. The summed E-state index contributed by atoms with van der Waals surface area (Å²) in [6.07, 6.45) is 0. The van der Waals surface area contributed by atoms with Crippen LogP contribution in [0.3, 0.4) is 0 Å². The summed E-state index contributed by atoms with van der Waals surface area (Å²) in [6, 6.07) is 17.0. The fourth-order valence-electron chi connectivity index (χ4n) is 3.12. The average Bonchev–Trinajstić information content (AvgIpc) is 2.79. The molecule has 1 heterocycles. The molecule has 120 valence electrons. The molecule has 0 aliphatic carbocycles. The molecule has 0 aromatic heterocycles. The van der Waals surface area contributed by atoms with Crippen molar-refractivity contribution in [2.75, 3.05) is 13.1 Å². The molecule has 2 aromatic rings. The zero-order valence-corrected chi connectivity index (χ0v) is 13.5. The Labute approximate surface area is 136 Å². The summed E-state index contributed by atoms with van der Waals surface area (Å²) in [4.78, 5) is 14.4. The third-order valence-corrected chi connectivity index (χ3v) is 4.23. The molecular weight excluding hydrogens is 288 g/mol. The molecule has 1 aliphatic heterocycles. The van der Waals surface area contributed by atoms with Gasteiger partial charge in [0.25, 0.3) is 5.91 Å². The van der Waals surface area contributed by atoms with Gasteiger partial charge in [-0.3, -0.25) is 4.79 Å². The number of benzene rings is 2. The van der Waals surface area contributed by atoms with Gasteiger partial charge in [-0.25, -0.2) is 0 Å². The van der Waals surface area contributed by atoms with Gasteiger partial charge in [0.05, 0.1) is 0 Å². The van der Waals surface area contributed by atoms with Crippen LogP contribution in [0.5, 0.6) is 0 Å². The van der Waals surface area contributed by atoms with Crippen molar-refractivity contribution in [2.24, 2.45) is 0 Å². The molecule has 1 aliphatic rings. The van der Waals surface area contributed by atoms with Gasteiger partial charge in [-0.1, -0.05) is 62.4 Å². The summed E-state index contributed by atoms with van der Waals surface area (Å²) in [5.41, 5.74) is 0.528. The van der Waals surface area contributed by atoms with Crippen LogP contribution in [0.2, 0.25) is 0 Å². The van der Waals surface area contributed by atoms with E-state index in [4.69, 9.17) is 0 Å². The number of amides is 1. The number of carbonyl (C=O) groups excluding carboxylic acids is 1. The molecule has 4 nitrogen and oxygen atoms in total. The monoisotopic (exact) mass is 310 g/mol. The largest absolute Gasteiger partial charge is 0.363 e. The highest BCUT2D eigenvalue weighted by Crippen LogP contribution is 2.41. The number of nitrogens with zero attached hydrogens (tertiary/aromatic N) is 1. The zero-order valence-electron chi connectivity index (χ0n) is 13.5. The quantitative estimate of drug-likeness (QED) is 0.891. The maximum absolute atomic E-state index is 12.8. The highest BCUT2D eigenvalue weighted by Gasteiger charge is 2.49. The molecule has 23 heavy (non-hydrogen) atoms. The summed E-state index contributed by atoms with van der Waals surface area (Å²) in [7, 11) is 0. The van der Waals surface area contributed by atoms with Crippen molar-refractivity contribution < 1.29 is 9.90 Å². The number of nitrogens with one attached hydrogen (secondary N) is 1. The Bertz CT molecular complexity index is 700. The minimum absolute atomic E-state index is 0.127. The molecule has 3 rings (SSSR count). The summed E-state index contributed by atoms with van der Waals surface area (Å²) in [5, 5.41) is 14.8. The third kappa shape index (κ3) is 2.64. The molecule has 4 heteroatoms. The molecule has 0 spiro atoms. The van der Waals surface area contributed by atoms with E-state index in [0.717, 1.165) is 0 Å². The Kier molecular flexibility index (Phi) is 4.20. The molecule has 1 amide bonds. The number of hydrogen-bond acceptors (Lipinski definition) is 3. The molecule has 1 atom stereocenters. The first-order chi connectivity index (χ1) is 11.0. The van der Waals surface area contributed by atoms with Crippen LogP contribution in [-0.4, -0.2) is 35.0 Å². The topological polar surface area (TPSA) is 52.6 Å². The molecular formula is C19H22N2O2. The lowest BCUT2D eigenvalue weighted by Crippen LogP contribution is -2.48. The van der Waals surface area contributed by atoms with Gasteiger partial charge in [-0.05, 0) is 6.07 Å². The van der Waals surface area contributed by atoms with Gasteiger partial charge in [0, 0.05) is 35.8 Å². The second kappa shape index (κ2) is 6.14. The van der Waals surface area contributed by atoms with Gasteiger partial charge >= 0.3 is 0 Å². The fraction of sp³-hybridized carbons (Fsp3) is 0.316. The van der Waals surface area contributed by atoms with Crippen molar-refractivity contribution in [3.8, 4) is 0 Å². The van der Waals surface area contributed by atoms with Crippen molar-refractivity contribution in [2.45, 2.75) is 25.6 Å². The lowest BCUT2D eigenvalue weighted by atomic mass is 9.94. The minimum atomic E-state index is -1.41. The van der Waals surface area contributed by atoms with Gasteiger partial charge < -0.3 is 15.3 Å². The first kappa shape index (κ1) is 15.7. The predicted molar refractivity (Wildman–Crippen MR) is 90.1 cm³/mol. The van der Waals surface area contributed by atoms with Crippen LogP contribution >= 0.6 is 0 Å². The second-order valence-electron chi connectivity index (χ2n) is 6.15. The predicted octanol–water partition coefficient (Wildman–Crippen LogP) is 2.33. The van der Waals surface area contributed by atoms with Gasteiger partial charge in [-0.15, -0.1) is 0 Å². The normalized spacial score (nSPS) is 20.2. The molecule has 2 aromatic carbocycles. The van der Waals surface area contributed by atoms with Crippen LogP contribution in [0.4, 0.5) is 0 Å². The summed E-state index contributed by atoms with van der Waals surface area (Å²) < 4.78 is 0. The average molecular weight is 310 g/mol. The van der Waals surface area contributed by atoms with Crippen molar-refractivity contribution in [1.29, 1.82) is 0 Å². The van der Waals surface area contributed by atoms with E-state index in [1.54, 1.807) is 11.0 Å². The van der Waals surface area contributed by atoms with E-state index in [2.05, 4.69) is 19.2 Å². The molecule has 0 radical (unpaired) electrons. The number of carbonyl (C=O) groups is 1. The molecule has 0 saturated heterocycles. The Morgan fingerprint density at radius 1 is 1.09 bits per heavy atom. The summed E-state index contributed by atoms with van der Waals surface area (Å²) in [6.45, 7) is 5.19. The Balaban J connectivity index is 2.02. The highest BCUT2D eigenvalue weighted by atomic mass is 16.3. The summed E-state index contributed by atoms with van der Waals surface area (Å²) >= 11 is 0. The van der Waals surface area contributed by atoms with E-state index in [9.17, 15) is 9.90 Å². The van der Waals surface area contributed by atoms with Crippen molar-refractivity contribution in [3.05, 3.63) is 71.3 Å². The number of hydrogen-bond donors (Lipinski definition) is 2.